The van der Waals surface area contributed by atoms with Crippen LogP contribution in [0.5, 0.6) is 0 Å². The maximum absolute atomic E-state index is 3.47. The lowest BCUT2D eigenvalue weighted by molar-refractivity contribution is 0.171. The molecule has 3 rings (SSSR count). The van der Waals surface area contributed by atoms with Gasteiger partial charge in [0.2, 0.25) is 0 Å². The third-order valence-electron chi connectivity index (χ3n) is 7.03. The predicted molar refractivity (Wildman–Crippen MR) is 127 cm³/mol. The van der Waals surface area contributed by atoms with Crippen molar-refractivity contribution in [2.45, 2.75) is 77.2 Å². The van der Waals surface area contributed by atoms with Crippen LogP contribution in [0.15, 0.2) is 30.5 Å². The molecule has 1 aromatic heterocycles. The number of fused-ring (bicyclic) bond motifs is 1. The summed E-state index contributed by atoms with van der Waals surface area (Å²) in [5.41, 5.74) is 2.73. The number of nitrogens with zero attached hydrogens (tertiary/aromatic N) is 2. The number of aromatic amines is 1. The van der Waals surface area contributed by atoms with Crippen LogP contribution in [0.25, 0.3) is 10.9 Å². The second kappa shape index (κ2) is 11.8. The van der Waals surface area contributed by atoms with E-state index in [9.17, 15) is 0 Å². The van der Waals surface area contributed by atoms with E-state index in [0.717, 1.165) is 18.9 Å². The van der Waals surface area contributed by atoms with Crippen molar-refractivity contribution >= 4 is 10.9 Å². The van der Waals surface area contributed by atoms with Gasteiger partial charge in [0.25, 0.3) is 0 Å². The minimum Gasteiger partial charge on any atom is -0.361 e. The molecule has 2 aromatic rings. The van der Waals surface area contributed by atoms with Crippen molar-refractivity contribution in [1.82, 2.24) is 14.8 Å². The van der Waals surface area contributed by atoms with Crippen LogP contribution < -0.4 is 0 Å². The van der Waals surface area contributed by atoms with Crippen LogP contribution in [-0.4, -0.2) is 54.6 Å². The highest BCUT2D eigenvalue weighted by Gasteiger charge is 2.20. The van der Waals surface area contributed by atoms with Gasteiger partial charge < -0.3 is 14.8 Å². The highest BCUT2D eigenvalue weighted by Crippen LogP contribution is 2.26. The average molecular weight is 398 g/mol. The number of rotatable bonds is 11. The molecule has 3 nitrogen and oxygen atoms in total. The minimum atomic E-state index is 0.569. The average Bonchev–Trinajstić information content (AvgIpc) is 2.95. The molecule has 0 saturated heterocycles. The number of para-hydroxylation sites is 1. The van der Waals surface area contributed by atoms with E-state index < -0.39 is 0 Å². The Morgan fingerprint density at radius 3 is 2.55 bits per heavy atom. The Bertz CT molecular complexity index is 699. The minimum absolute atomic E-state index is 0.569. The van der Waals surface area contributed by atoms with Gasteiger partial charge in [0.05, 0.1) is 0 Å². The zero-order valence-corrected chi connectivity index (χ0v) is 19.1. The molecule has 0 spiro atoms. The van der Waals surface area contributed by atoms with E-state index >= 15 is 0 Å². The summed E-state index contributed by atoms with van der Waals surface area (Å²) in [6.45, 7) is 5.89. The third-order valence-corrected chi connectivity index (χ3v) is 7.03. The lowest BCUT2D eigenvalue weighted by Gasteiger charge is -2.32. The van der Waals surface area contributed by atoms with Gasteiger partial charge in [-0.25, -0.2) is 0 Å². The van der Waals surface area contributed by atoms with Gasteiger partial charge in [-0.1, -0.05) is 70.1 Å². The van der Waals surface area contributed by atoms with Crippen LogP contribution in [0, 0.1) is 5.92 Å². The molecule has 1 atom stereocenters. The van der Waals surface area contributed by atoms with E-state index in [0.29, 0.717) is 6.04 Å². The van der Waals surface area contributed by atoms with E-state index in [2.05, 4.69) is 66.3 Å². The van der Waals surface area contributed by atoms with Gasteiger partial charge >= 0.3 is 0 Å². The Labute approximate surface area is 178 Å². The molecule has 1 saturated carbocycles. The molecular weight excluding hydrogens is 354 g/mol. The molecule has 0 aliphatic heterocycles. The first kappa shape index (κ1) is 22.4. The zero-order chi connectivity index (χ0) is 20.5. The molecule has 1 N–H and O–H groups in total. The SMILES string of the molecule is CCCCN(C)[C@@H](Cc1c[nH]c2ccccc12)CN(C)CCC1CCCCCC1. The summed E-state index contributed by atoms with van der Waals surface area (Å²) in [5.74, 6) is 0.963. The molecule has 1 aliphatic rings. The van der Waals surface area contributed by atoms with Crippen LogP contribution in [0.2, 0.25) is 0 Å². The molecule has 1 aliphatic carbocycles. The van der Waals surface area contributed by atoms with Crippen molar-refractivity contribution in [3.8, 4) is 0 Å². The molecule has 162 valence electrons. The van der Waals surface area contributed by atoms with Crippen molar-refractivity contribution in [1.29, 1.82) is 0 Å². The standard InChI is InChI=1S/C26H43N3/c1-4-5-17-29(3)24(19-23-20-27-26-15-11-10-14-25(23)26)21-28(2)18-16-22-12-8-6-7-9-13-22/h10-11,14-15,20,22,24,27H,4-9,12-13,16-19,21H2,1-3H3/t24-/m0/s1. The summed E-state index contributed by atoms with van der Waals surface area (Å²) in [6.07, 6.45) is 16.0. The van der Waals surface area contributed by atoms with Crippen LogP contribution in [-0.2, 0) is 6.42 Å². The number of likely N-dealkylation sites (N-methyl/N-ethyl adjacent to an activating group) is 2. The fraction of sp³-hybridized carbons (Fsp3) is 0.692. The first-order chi connectivity index (χ1) is 14.2. The molecule has 3 heteroatoms. The Balaban J connectivity index is 1.60. The molecule has 29 heavy (non-hydrogen) atoms. The fourth-order valence-corrected chi connectivity index (χ4v) is 5.01. The monoisotopic (exact) mass is 397 g/mol. The fourth-order valence-electron chi connectivity index (χ4n) is 5.01. The van der Waals surface area contributed by atoms with Crippen molar-refractivity contribution < 1.29 is 0 Å². The van der Waals surface area contributed by atoms with Crippen molar-refractivity contribution in [3.63, 3.8) is 0 Å². The van der Waals surface area contributed by atoms with E-state index in [1.54, 1.807) is 0 Å². The molecule has 1 fully saturated rings. The van der Waals surface area contributed by atoms with Gasteiger partial charge in [-0.3, -0.25) is 0 Å². The van der Waals surface area contributed by atoms with E-state index in [1.807, 2.05) is 0 Å². The van der Waals surface area contributed by atoms with Gasteiger partial charge in [-0.2, -0.15) is 0 Å². The second-order valence-electron chi connectivity index (χ2n) is 9.46. The summed E-state index contributed by atoms with van der Waals surface area (Å²) in [5, 5.41) is 1.39. The highest BCUT2D eigenvalue weighted by molar-refractivity contribution is 5.83. The van der Waals surface area contributed by atoms with E-state index in [4.69, 9.17) is 0 Å². The Morgan fingerprint density at radius 2 is 1.79 bits per heavy atom. The van der Waals surface area contributed by atoms with Gasteiger partial charge in [-0.15, -0.1) is 0 Å². The smallest absolute Gasteiger partial charge is 0.0456 e. The summed E-state index contributed by atoms with van der Waals surface area (Å²) in [6, 6.07) is 9.30. The topological polar surface area (TPSA) is 22.3 Å². The molecular formula is C26H43N3. The van der Waals surface area contributed by atoms with Crippen molar-refractivity contribution in [2.75, 3.05) is 33.7 Å². The zero-order valence-electron chi connectivity index (χ0n) is 19.1. The molecule has 0 amide bonds. The van der Waals surface area contributed by atoms with Crippen molar-refractivity contribution in [3.05, 3.63) is 36.0 Å². The number of aromatic nitrogens is 1. The first-order valence-corrected chi connectivity index (χ1v) is 12.1. The first-order valence-electron chi connectivity index (χ1n) is 12.1. The van der Waals surface area contributed by atoms with E-state index in [-0.39, 0.29) is 0 Å². The Morgan fingerprint density at radius 1 is 1.03 bits per heavy atom. The van der Waals surface area contributed by atoms with Gasteiger partial charge in [-0.05, 0) is 64.0 Å². The van der Waals surface area contributed by atoms with Gasteiger partial charge in [0.15, 0.2) is 0 Å². The van der Waals surface area contributed by atoms with E-state index in [1.165, 1.54) is 87.3 Å². The highest BCUT2D eigenvalue weighted by atomic mass is 15.2. The maximum Gasteiger partial charge on any atom is 0.0456 e. The lowest BCUT2D eigenvalue weighted by Crippen LogP contribution is -2.43. The number of hydrogen-bond acceptors (Lipinski definition) is 2. The lowest BCUT2D eigenvalue weighted by atomic mass is 9.96. The summed E-state index contributed by atoms with van der Waals surface area (Å²) >= 11 is 0. The normalized spacial score (nSPS) is 17.3. The molecule has 1 heterocycles. The van der Waals surface area contributed by atoms with Gasteiger partial charge in [0, 0.05) is 29.7 Å². The van der Waals surface area contributed by atoms with Crippen LogP contribution in [0.4, 0.5) is 0 Å². The summed E-state index contributed by atoms with van der Waals surface area (Å²) in [4.78, 5) is 8.68. The quantitative estimate of drug-likeness (QED) is 0.463. The predicted octanol–water partition coefficient (Wildman–Crippen LogP) is 6.10. The van der Waals surface area contributed by atoms with Crippen LogP contribution in [0.3, 0.4) is 0 Å². The van der Waals surface area contributed by atoms with Gasteiger partial charge in [0.1, 0.15) is 0 Å². The molecule has 0 bridgehead atoms. The Kier molecular flexibility index (Phi) is 9.07. The number of H-pyrrole nitrogens is 1. The van der Waals surface area contributed by atoms with Crippen molar-refractivity contribution in [2.24, 2.45) is 5.92 Å². The largest absolute Gasteiger partial charge is 0.361 e. The number of nitrogens with one attached hydrogen (secondary N) is 1. The Hall–Kier alpha value is -1.32. The molecule has 0 unspecified atom stereocenters. The third kappa shape index (κ3) is 6.86. The molecule has 0 radical (unpaired) electrons. The van der Waals surface area contributed by atoms with Crippen LogP contribution >= 0.6 is 0 Å². The maximum atomic E-state index is 3.47. The number of unbranched alkanes of at least 4 members (excludes halogenated alkanes) is 1. The summed E-state index contributed by atoms with van der Waals surface area (Å²) in [7, 11) is 4.67. The number of hydrogen-bond donors (Lipinski definition) is 1. The second-order valence-corrected chi connectivity index (χ2v) is 9.46. The van der Waals surface area contributed by atoms with Crippen LogP contribution in [0.1, 0.15) is 70.3 Å². The number of benzene rings is 1. The summed E-state index contributed by atoms with van der Waals surface area (Å²) < 4.78 is 0. The molecule has 1 aromatic carbocycles.